The molecule has 0 aliphatic carbocycles. The lowest BCUT2D eigenvalue weighted by atomic mass is 10.1. The zero-order chi connectivity index (χ0) is 28.2. The normalized spacial score (nSPS) is 14.5. The molecule has 0 radical (unpaired) electrons. The van der Waals surface area contributed by atoms with E-state index < -0.39 is 13.9 Å². The van der Waals surface area contributed by atoms with Crippen LogP contribution in [0.5, 0.6) is 0 Å². The molecule has 0 bridgehead atoms. The van der Waals surface area contributed by atoms with Gasteiger partial charge in [-0.3, -0.25) is 13.8 Å². The SMILES string of the molecule is CC/C=C\C/C=C\C/C=C\CCCCCCCCOCC(COP(=O)(O)OCCN)OC(=O)CCCCC. The molecule has 0 saturated heterocycles. The maximum Gasteiger partial charge on any atom is 0.472 e. The summed E-state index contributed by atoms with van der Waals surface area (Å²) in [6.07, 6.45) is 26.6. The molecule has 0 aliphatic heterocycles. The van der Waals surface area contributed by atoms with Gasteiger partial charge in [0.1, 0.15) is 6.10 Å². The van der Waals surface area contributed by atoms with Gasteiger partial charge in [-0.25, -0.2) is 4.57 Å². The smallest absolute Gasteiger partial charge is 0.457 e. The third-order valence-electron chi connectivity index (χ3n) is 5.57. The Morgan fingerprint density at radius 3 is 2.16 bits per heavy atom. The topological polar surface area (TPSA) is 117 Å². The molecule has 222 valence electrons. The van der Waals surface area contributed by atoms with Gasteiger partial charge in [-0.2, -0.15) is 0 Å². The summed E-state index contributed by atoms with van der Waals surface area (Å²) in [4.78, 5) is 21.8. The highest BCUT2D eigenvalue weighted by Crippen LogP contribution is 2.43. The molecule has 9 heteroatoms. The van der Waals surface area contributed by atoms with Crippen molar-refractivity contribution < 1.29 is 32.8 Å². The zero-order valence-electron chi connectivity index (χ0n) is 23.9. The lowest BCUT2D eigenvalue weighted by Gasteiger charge is -2.20. The van der Waals surface area contributed by atoms with Crippen LogP contribution in [0.4, 0.5) is 0 Å². The van der Waals surface area contributed by atoms with Crippen molar-refractivity contribution in [2.24, 2.45) is 5.73 Å². The van der Waals surface area contributed by atoms with Crippen LogP contribution in [-0.2, 0) is 27.9 Å². The summed E-state index contributed by atoms with van der Waals surface area (Å²) in [6.45, 7) is 4.56. The van der Waals surface area contributed by atoms with Crippen LogP contribution < -0.4 is 5.73 Å². The van der Waals surface area contributed by atoms with E-state index in [1.165, 1.54) is 19.3 Å². The van der Waals surface area contributed by atoms with E-state index in [9.17, 15) is 14.3 Å². The number of carbonyl (C=O) groups is 1. The molecule has 0 amide bonds. The molecule has 3 N–H and O–H groups in total. The Balaban J connectivity index is 3.99. The first-order valence-electron chi connectivity index (χ1n) is 14.5. The van der Waals surface area contributed by atoms with Gasteiger partial charge in [0, 0.05) is 19.6 Å². The summed E-state index contributed by atoms with van der Waals surface area (Å²) >= 11 is 0. The molecule has 0 heterocycles. The van der Waals surface area contributed by atoms with Crippen LogP contribution in [0.3, 0.4) is 0 Å². The van der Waals surface area contributed by atoms with Crippen molar-refractivity contribution in [3.63, 3.8) is 0 Å². The number of unbranched alkanes of at least 4 members (excludes halogenated alkanes) is 8. The van der Waals surface area contributed by atoms with Gasteiger partial charge in [0.15, 0.2) is 0 Å². The van der Waals surface area contributed by atoms with Crippen LogP contribution in [-0.4, -0.2) is 49.9 Å². The Morgan fingerprint density at radius 2 is 1.47 bits per heavy atom. The first-order valence-corrected chi connectivity index (χ1v) is 16.0. The van der Waals surface area contributed by atoms with Crippen LogP contribution >= 0.6 is 7.82 Å². The molecule has 0 aliphatic rings. The van der Waals surface area contributed by atoms with Crippen molar-refractivity contribution in [1.82, 2.24) is 0 Å². The average molecular weight is 560 g/mol. The highest BCUT2D eigenvalue weighted by molar-refractivity contribution is 7.47. The lowest BCUT2D eigenvalue weighted by molar-refractivity contribution is -0.154. The molecule has 0 saturated carbocycles. The second-order valence-electron chi connectivity index (χ2n) is 9.23. The van der Waals surface area contributed by atoms with Crippen LogP contribution in [0.1, 0.15) is 104 Å². The molecule has 0 aromatic heterocycles. The van der Waals surface area contributed by atoms with E-state index in [1.807, 2.05) is 0 Å². The predicted molar refractivity (Wildman–Crippen MR) is 155 cm³/mol. The average Bonchev–Trinajstić information content (AvgIpc) is 2.90. The van der Waals surface area contributed by atoms with Crippen molar-refractivity contribution in [3.8, 4) is 0 Å². The molecule has 2 atom stereocenters. The molecule has 0 aromatic carbocycles. The summed E-state index contributed by atoms with van der Waals surface area (Å²) < 4.78 is 32.7. The van der Waals surface area contributed by atoms with Crippen LogP contribution in [0, 0.1) is 0 Å². The Morgan fingerprint density at radius 1 is 0.816 bits per heavy atom. The summed E-state index contributed by atoms with van der Waals surface area (Å²) in [7, 11) is -4.25. The maximum absolute atomic E-state index is 12.1. The monoisotopic (exact) mass is 559 g/mol. The van der Waals surface area contributed by atoms with E-state index >= 15 is 0 Å². The minimum atomic E-state index is -4.25. The molecule has 8 nitrogen and oxygen atoms in total. The van der Waals surface area contributed by atoms with Crippen LogP contribution in [0.15, 0.2) is 36.5 Å². The van der Waals surface area contributed by atoms with Gasteiger partial charge in [-0.05, 0) is 44.9 Å². The van der Waals surface area contributed by atoms with E-state index in [4.69, 9.17) is 24.3 Å². The Hall–Kier alpha value is -1.28. The second kappa shape index (κ2) is 27.3. The third-order valence-corrected chi connectivity index (χ3v) is 6.56. The number of esters is 1. The molecule has 0 spiro atoms. The van der Waals surface area contributed by atoms with Crippen molar-refractivity contribution >= 4 is 13.8 Å². The van der Waals surface area contributed by atoms with Crippen LogP contribution in [0.2, 0.25) is 0 Å². The number of phosphoric ester groups is 1. The van der Waals surface area contributed by atoms with Crippen molar-refractivity contribution in [2.45, 2.75) is 110 Å². The molecular weight excluding hydrogens is 505 g/mol. The van der Waals surface area contributed by atoms with Crippen LogP contribution in [0.25, 0.3) is 0 Å². The first-order chi connectivity index (χ1) is 18.4. The van der Waals surface area contributed by atoms with E-state index in [0.717, 1.165) is 64.2 Å². The Bertz CT molecular complexity index is 682. The van der Waals surface area contributed by atoms with E-state index in [-0.39, 0.29) is 32.3 Å². The number of ether oxygens (including phenoxy) is 2. The fourth-order valence-corrected chi connectivity index (χ4v) is 4.24. The summed E-state index contributed by atoms with van der Waals surface area (Å²) in [6, 6.07) is 0. The van der Waals surface area contributed by atoms with Gasteiger partial charge in [0.25, 0.3) is 0 Å². The fourth-order valence-electron chi connectivity index (χ4n) is 3.48. The molecule has 0 aromatic rings. The van der Waals surface area contributed by atoms with E-state index in [1.54, 1.807) is 0 Å². The molecule has 2 unspecified atom stereocenters. The summed E-state index contributed by atoms with van der Waals surface area (Å²) in [5.74, 6) is -0.363. The van der Waals surface area contributed by atoms with Gasteiger partial charge in [-0.1, -0.05) is 88.8 Å². The predicted octanol–water partition coefficient (Wildman–Crippen LogP) is 7.18. The Labute approximate surface area is 231 Å². The Kier molecular flexibility index (Phi) is 26.4. The minimum absolute atomic E-state index is 0.0966. The van der Waals surface area contributed by atoms with Gasteiger partial charge in [-0.15, -0.1) is 0 Å². The largest absolute Gasteiger partial charge is 0.472 e. The van der Waals surface area contributed by atoms with Gasteiger partial charge in [0.2, 0.25) is 0 Å². The van der Waals surface area contributed by atoms with Gasteiger partial charge in [0.05, 0.1) is 19.8 Å². The fraction of sp³-hybridized carbons (Fsp3) is 0.759. The summed E-state index contributed by atoms with van der Waals surface area (Å²) in [5, 5.41) is 0. The standard InChI is InChI=1S/C29H54NO7P/c1-3-5-7-8-9-10-11-12-13-14-15-16-17-18-19-21-24-34-26-28(37-29(31)22-20-6-4-2)27-36-38(32,33)35-25-23-30/h5,7,9-10,12-13,28H,3-4,6,8,11,14-27,30H2,1-2H3,(H,32,33)/b7-5-,10-9-,13-12-. The van der Waals surface area contributed by atoms with Gasteiger partial charge < -0.3 is 20.1 Å². The van der Waals surface area contributed by atoms with E-state index in [2.05, 4.69) is 50.3 Å². The number of allylic oxidation sites excluding steroid dienone is 6. The van der Waals surface area contributed by atoms with E-state index in [0.29, 0.717) is 13.0 Å². The maximum atomic E-state index is 12.1. The number of nitrogens with two attached hydrogens (primary N) is 1. The molecule has 0 fully saturated rings. The quantitative estimate of drug-likeness (QED) is 0.0470. The number of hydrogen-bond acceptors (Lipinski definition) is 7. The van der Waals surface area contributed by atoms with Crippen molar-refractivity contribution in [3.05, 3.63) is 36.5 Å². The molecule has 38 heavy (non-hydrogen) atoms. The number of phosphoric acid groups is 1. The van der Waals surface area contributed by atoms with Gasteiger partial charge >= 0.3 is 13.8 Å². The third kappa shape index (κ3) is 26.3. The number of carbonyl (C=O) groups excluding carboxylic acids is 1. The minimum Gasteiger partial charge on any atom is -0.457 e. The second-order valence-corrected chi connectivity index (χ2v) is 10.7. The zero-order valence-corrected chi connectivity index (χ0v) is 24.8. The molecular formula is C29H54NO7P. The highest BCUT2D eigenvalue weighted by Gasteiger charge is 2.25. The lowest BCUT2D eigenvalue weighted by Crippen LogP contribution is -2.28. The van der Waals surface area contributed by atoms with Crippen molar-refractivity contribution in [1.29, 1.82) is 0 Å². The highest BCUT2D eigenvalue weighted by atomic mass is 31.2. The first kappa shape index (κ1) is 36.7. The number of rotatable bonds is 27. The summed E-state index contributed by atoms with van der Waals surface area (Å²) in [5.41, 5.74) is 5.29. The number of hydrogen-bond donors (Lipinski definition) is 2. The van der Waals surface area contributed by atoms with Crippen molar-refractivity contribution in [2.75, 3.05) is 33.0 Å². The molecule has 0 rings (SSSR count).